The third kappa shape index (κ3) is 2.55. The number of imidazole rings is 1. The van der Waals surface area contributed by atoms with Crippen LogP contribution in [0.4, 0.5) is 5.95 Å². The van der Waals surface area contributed by atoms with Crippen molar-refractivity contribution in [3.05, 3.63) is 23.8 Å². The van der Waals surface area contributed by atoms with E-state index in [9.17, 15) is 4.79 Å². The lowest BCUT2D eigenvalue weighted by Gasteiger charge is -2.19. The summed E-state index contributed by atoms with van der Waals surface area (Å²) in [5.41, 5.74) is 6.96. The molecular formula is C12H15N3O2. The Balaban J connectivity index is 2.33. The van der Waals surface area contributed by atoms with Crippen LogP contribution in [0.15, 0.2) is 18.2 Å². The van der Waals surface area contributed by atoms with Crippen LogP contribution in [0, 0.1) is 0 Å². The number of hydrogen-bond donors (Lipinski definition) is 2. The number of benzene rings is 1. The van der Waals surface area contributed by atoms with Crippen LogP contribution in [-0.4, -0.2) is 21.5 Å². The molecule has 0 aliphatic rings. The molecule has 0 aliphatic carbocycles. The van der Waals surface area contributed by atoms with Crippen molar-refractivity contribution in [2.45, 2.75) is 26.4 Å². The van der Waals surface area contributed by atoms with Crippen molar-refractivity contribution < 1.29 is 9.53 Å². The zero-order chi connectivity index (χ0) is 12.6. The van der Waals surface area contributed by atoms with E-state index in [1.807, 2.05) is 20.8 Å². The maximum atomic E-state index is 11.8. The van der Waals surface area contributed by atoms with E-state index >= 15 is 0 Å². The van der Waals surface area contributed by atoms with Gasteiger partial charge in [0, 0.05) is 0 Å². The molecule has 0 fully saturated rings. The molecule has 0 aliphatic heterocycles. The molecule has 0 atom stereocenters. The maximum absolute atomic E-state index is 11.8. The van der Waals surface area contributed by atoms with Gasteiger partial charge in [0.2, 0.25) is 0 Å². The van der Waals surface area contributed by atoms with Gasteiger partial charge in [-0.25, -0.2) is 9.78 Å². The molecule has 0 saturated heterocycles. The van der Waals surface area contributed by atoms with Crippen molar-refractivity contribution in [3.8, 4) is 0 Å². The Labute approximate surface area is 99.0 Å². The Morgan fingerprint density at radius 3 is 2.76 bits per heavy atom. The number of nitrogens with two attached hydrogens (primary N) is 1. The van der Waals surface area contributed by atoms with Crippen LogP contribution in [0.5, 0.6) is 0 Å². The molecular weight excluding hydrogens is 218 g/mol. The van der Waals surface area contributed by atoms with Crippen molar-refractivity contribution in [2.75, 3.05) is 5.73 Å². The number of fused-ring (bicyclic) bond motifs is 1. The zero-order valence-corrected chi connectivity index (χ0v) is 10.1. The molecule has 5 nitrogen and oxygen atoms in total. The largest absolute Gasteiger partial charge is 0.456 e. The Bertz CT molecular complexity index is 567. The number of H-pyrrole nitrogens is 1. The van der Waals surface area contributed by atoms with Gasteiger partial charge in [-0.1, -0.05) is 0 Å². The molecule has 5 heteroatoms. The summed E-state index contributed by atoms with van der Waals surface area (Å²) in [5, 5.41) is 0. The standard InChI is InChI=1S/C12H15N3O2/c1-12(2,3)17-10(16)7-4-5-8-9(6-7)15-11(13)14-8/h4-6H,1-3H3,(H3,13,14,15). The second-order valence-corrected chi connectivity index (χ2v) is 4.86. The average Bonchev–Trinajstić information content (AvgIpc) is 2.53. The number of ether oxygens (including phenoxy) is 1. The van der Waals surface area contributed by atoms with Gasteiger partial charge in [-0.15, -0.1) is 0 Å². The summed E-state index contributed by atoms with van der Waals surface area (Å²) in [4.78, 5) is 18.8. The second kappa shape index (κ2) is 3.76. The van der Waals surface area contributed by atoms with E-state index < -0.39 is 5.60 Å². The number of carbonyl (C=O) groups is 1. The van der Waals surface area contributed by atoms with E-state index in [1.165, 1.54) is 0 Å². The van der Waals surface area contributed by atoms with Crippen LogP contribution in [0.2, 0.25) is 0 Å². The molecule has 0 unspecified atom stereocenters. The highest BCUT2D eigenvalue weighted by molar-refractivity contribution is 5.94. The highest BCUT2D eigenvalue weighted by Crippen LogP contribution is 2.17. The fourth-order valence-electron chi connectivity index (χ4n) is 1.49. The minimum Gasteiger partial charge on any atom is -0.456 e. The molecule has 0 saturated carbocycles. The number of anilines is 1. The predicted octanol–water partition coefficient (Wildman–Crippen LogP) is 2.10. The number of hydrogen-bond acceptors (Lipinski definition) is 4. The Morgan fingerprint density at radius 2 is 2.12 bits per heavy atom. The lowest BCUT2D eigenvalue weighted by atomic mass is 10.1. The minimum atomic E-state index is -0.503. The van der Waals surface area contributed by atoms with Gasteiger partial charge in [0.15, 0.2) is 5.95 Å². The Hall–Kier alpha value is -2.04. The van der Waals surface area contributed by atoms with Crippen LogP contribution in [-0.2, 0) is 4.74 Å². The SMILES string of the molecule is CC(C)(C)OC(=O)c1ccc2[nH]c(N)nc2c1. The van der Waals surface area contributed by atoms with Gasteiger partial charge in [0.05, 0.1) is 16.6 Å². The summed E-state index contributed by atoms with van der Waals surface area (Å²) in [6.45, 7) is 5.49. The first-order valence-corrected chi connectivity index (χ1v) is 5.34. The summed E-state index contributed by atoms with van der Waals surface area (Å²) in [5.74, 6) is -0.0256. The van der Waals surface area contributed by atoms with Crippen LogP contribution >= 0.6 is 0 Å². The fraction of sp³-hybridized carbons (Fsp3) is 0.333. The smallest absolute Gasteiger partial charge is 0.338 e. The van der Waals surface area contributed by atoms with E-state index in [0.29, 0.717) is 17.0 Å². The number of rotatable bonds is 1. The molecule has 90 valence electrons. The second-order valence-electron chi connectivity index (χ2n) is 4.86. The van der Waals surface area contributed by atoms with Gasteiger partial charge >= 0.3 is 5.97 Å². The summed E-state index contributed by atoms with van der Waals surface area (Å²) in [6.07, 6.45) is 0. The van der Waals surface area contributed by atoms with Crippen LogP contribution < -0.4 is 5.73 Å². The van der Waals surface area contributed by atoms with Crippen LogP contribution in [0.25, 0.3) is 11.0 Å². The molecule has 2 aromatic rings. The summed E-state index contributed by atoms with van der Waals surface area (Å²) in [6, 6.07) is 5.11. The minimum absolute atomic E-state index is 0.335. The third-order valence-corrected chi connectivity index (χ3v) is 2.14. The number of aromatic amines is 1. The molecule has 1 heterocycles. The molecule has 0 amide bonds. The fourth-order valence-corrected chi connectivity index (χ4v) is 1.49. The molecule has 1 aromatic heterocycles. The highest BCUT2D eigenvalue weighted by Gasteiger charge is 2.18. The van der Waals surface area contributed by atoms with Crippen molar-refractivity contribution in [3.63, 3.8) is 0 Å². The maximum Gasteiger partial charge on any atom is 0.338 e. The number of carbonyl (C=O) groups excluding carboxylic acids is 1. The number of nitrogens with zero attached hydrogens (tertiary/aromatic N) is 1. The Kier molecular flexibility index (Phi) is 2.53. The highest BCUT2D eigenvalue weighted by atomic mass is 16.6. The average molecular weight is 233 g/mol. The van der Waals surface area contributed by atoms with Gasteiger partial charge in [-0.2, -0.15) is 0 Å². The normalized spacial score (nSPS) is 11.7. The van der Waals surface area contributed by atoms with Crippen molar-refractivity contribution in [1.82, 2.24) is 9.97 Å². The summed E-state index contributed by atoms with van der Waals surface area (Å²) < 4.78 is 5.27. The van der Waals surface area contributed by atoms with E-state index in [2.05, 4.69) is 9.97 Å². The van der Waals surface area contributed by atoms with Crippen molar-refractivity contribution >= 4 is 23.0 Å². The first-order valence-electron chi connectivity index (χ1n) is 5.34. The third-order valence-electron chi connectivity index (χ3n) is 2.14. The van der Waals surface area contributed by atoms with Gasteiger partial charge in [0.1, 0.15) is 5.60 Å². The Morgan fingerprint density at radius 1 is 1.41 bits per heavy atom. The van der Waals surface area contributed by atoms with Crippen molar-refractivity contribution in [2.24, 2.45) is 0 Å². The zero-order valence-electron chi connectivity index (χ0n) is 10.1. The quantitative estimate of drug-likeness (QED) is 0.739. The molecule has 0 bridgehead atoms. The van der Waals surface area contributed by atoms with Gasteiger partial charge < -0.3 is 15.5 Å². The summed E-state index contributed by atoms with van der Waals surface area (Å²) >= 11 is 0. The van der Waals surface area contributed by atoms with E-state index in [1.54, 1.807) is 18.2 Å². The van der Waals surface area contributed by atoms with E-state index in [0.717, 1.165) is 5.52 Å². The number of aromatic nitrogens is 2. The van der Waals surface area contributed by atoms with Crippen molar-refractivity contribution in [1.29, 1.82) is 0 Å². The first kappa shape index (κ1) is 11.4. The monoisotopic (exact) mass is 233 g/mol. The lowest BCUT2D eigenvalue weighted by Crippen LogP contribution is -2.23. The first-order chi connectivity index (χ1) is 7.85. The molecule has 1 aromatic carbocycles. The molecule has 0 spiro atoms. The number of esters is 1. The molecule has 17 heavy (non-hydrogen) atoms. The van der Waals surface area contributed by atoms with Gasteiger partial charge in [-0.05, 0) is 39.0 Å². The predicted molar refractivity (Wildman–Crippen MR) is 65.7 cm³/mol. The number of nitrogens with one attached hydrogen (secondary N) is 1. The van der Waals surface area contributed by atoms with Crippen LogP contribution in [0.3, 0.4) is 0 Å². The lowest BCUT2D eigenvalue weighted by molar-refractivity contribution is 0.00697. The van der Waals surface area contributed by atoms with Crippen LogP contribution in [0.1, 0.15) is 31.1 Å². The van der Waals surface area contributed by atoms with E-state index in [4.69, 9.17) is 10.5 Å². The van der Waals surface area contributed by atoms with E-state index in [-0.39, 0.29) is 5.97 Å². The summed E-state index contributed by atoms with van der Waals surface area (Å²) in [7, 11) is 0. The molecule has 2 rings (SSSR count). The molecule has 0 radical (unpaired) electrons. The number of nitrogen functional groups attached to an aromatic ring is 1. The molecule has 3 N–H and O–H groups in total. The van der Waals surface area contributed by atoms with Gasteiger partial charge in [-0.3, -0.25) is 0 Å². The topological polar surface area (TPSA) is 81.0 Å². The van der Waals surface area contributed by atoms with Gasteiger partial charge in [0.25, 0.3) is 0 Å².